The number of hydrogen-bond donors (Lipinski definition) is 0. The molecule has 0 aliphatic heterocycles. The molecule has 130 valence electrons. The summed E-state index contributed by atoms with van der Waals surface area (Å²) < 4.78 is 15.6. The van der Waals surface area contributed by atoms with Crippen LogP contribution in [0.15, 0.2) is 18.3 Å². The van der Waals surface area contributed by atoms with E-state index in [2.05, 4.69) is 4.98 Å². The van der Waals surface area contributed by atoms with Crippen molar-refractivity contribution in [3.8, 4) is 0 Å². The molecule has 1 aliphatic rings. The van der Waals surface area contributed by atoms with Crippen molar-refractivity contribution in [1.29, 1.82) is 0 Å². The van der Waals surface area contributed by atoms with Crippen molar-refractivity contribution in [2.75, 3.05) is 13.2 Å². The Morgan fingerprint density at radius 3 is 2.38 bits per heavy atom. The summed E-state index contributed by atoms with van der Waals surface area (Å²) in [6.07, 6.45) is 0.831. The van der Waals surface area contributed by atoms with E-state index in [0.717, 1.165) is 0 Å². The molecule has 1 heterocycles. The van der Waals surface area contributed by atoms with E-state index in [1.165, 1.54) is 6.92 Å². The summed E-state index contributed by atoms with van der Waals surface area (Å²) in [5, 5.41) is 0. The Hall–Kier alpha value is -2.44. The van der Waals surface area contributed by atoms with Gasteiger partial charge in [-0.2, -0.15) is 0 Å². The number of fused-ring (bicyclic) bond motifs is 1. The molecule has 2 rings (SSSR count). The second kappa shape index (κ2) is 7.42. The number of carbonyl (C=O) groups is 3. The lowest BCUT2D eigenvalue weighted by Crippen LogP contribution is -2.48. The summed E-state index contributed by atoms with van der Waals surface area (Å²) in [6, 6.07) is 3.46. The highest BCUT2D eigenvalue weighted by molar-refractivity contribution is 6.00. The molecule has 0 fully saturated rings. The van der Waals surface area contributed by atoms with Crippen molar-refractivity contribution in [2.45, 2.75) is 39.7 Å². The fraction of sp³-hybridized carbons (Fsp3) is 0.529. The number of nitrogens with zero attached hydrogens (tertiary/aromatic N) is 1. The third kappa shape index (κ3) is 3.39. The van der Waals surface area contributed by atoms with Crippen molar-refractivity contribution in [3.63, 3.8) is 0 Å². The van der Waals surface area contributed by atoms with Crippen LogP contribution in [0.25, 0.3) is 0 Å². The Bertz CT molecular complexity index is 624. The van der Waals surface area contributed by atoms with Crippen LogP contribution in [0.5, 0.6) is 0 Å². The van der Waals surface area contributed by atoms with Gasteiger partial charge in [0.15, 0.2) is 5.41 Å². The first-order valence-electron chi connectivity index (χ1n) is 7.90. The van der Waals surface area contributed by atoms with Crippen LogP contribution in [-0.4, -0.2) is 36.1 Å². The smallest absolute Gasteiger partial charge is 0.323 e. The molecular weight excluding hydrogens is 314 g/mol. The predicted molar refractivity (Wildman–Crippen MR) is 82.8 cm³/mol. The van der Waals surface area contributed by atoms with Gasteiger partial charge in [-0.15, -0.1) is 0 Å². The zero-order valence-electron chi connectivity index (χ0n) is 14.0. The molecule has 7 nitrogen and oxygen atoms in total. The average molecular weight is 335 g/mol. The summed E-state index contributed by atoms with van der Waals surface area (Å²) in [4.78, 5) is 40.9. The molecular formula is C17H21NO6. The van der Waals surface area contributed by atoms with Crippen LogP contribution in [0.4, 0.5) is 0 Å². The number of aromatic nitrogens is 1. The van der Waals surface area contributed by atoms with E-state index in [0.29, 0.717) is 11.3 Å². The van der Waals surface area contributed by atoms with Gasteiger partial charge in [0.25, 0.3) is 0 Å². The lowest BCUT2D eigenvalue weighted by molar-refractivity contribution is -0.178. The predicted octanol–water partition coefficient (Wildman–Crippen LogP) is 1.74. The van der Waals surface area contributed by atoms with Gasteiger partial charge in [-0.25, -0.2) is 0 Å². The normalized spacial score (nSPS) is 18.2. The standard InChI is InChI=1S/C17H21NO6/c1-4-22-15(20)17(16(21)23-5-2)9-12-7-6-8-18-14(12)13(10-17)24-11(3)19/h6-8,13H,4-5,9-10H2,1-3H3. The van der Waals surface area contributed by atoms with E-state index in [9.17, 15) is 14.4 Å². The minimum Gasteiger partial charge on any atom is -0.465 e. The molecule has 1 unspecified atom stereocenters. The minimum atomic E-state index is -1.54. The minimum absolute atomic E-state index is 0.0474. The van der Waals surface area contributed by atoms with E-state index >= 15 is 0 Å². The Morgan fingerprint density at radius 2 is 1.83 bits per heavy atom. The van der Waals surface area contributed by atoms with Crippen LogP contribution < -0.4 is 0 Å². The first kappa shape index (κ1) is 17.9. The molecule has 0 saturated heterocycles. The van der Waals surface area contributed by atoms with Gasteiger partial charge in [0.1, 0.15) is 6.10 Å². The fourth-order valence-corrected chi connectivity index (χ4v) is 2.93. The number of esters is 3. The van der Waals surface area contributed by atoms with Crippen molar-refractivity contribution in [1.82, 2.24) is 4.98 Å². The topological polar surface area (TPSA) is 91.8 Å². The highest BCUT2D eigenvalue weighted by atomic mass is 16.6. The first-order valence-corrected chi connectivity index (χ1v) is 7.90. The zero-order valence-corrected chi connectivity index (χ0v) is 14.0. The monoisotopic (exact) mass is 335 g/mol. The number of rotatable bonds is 5. The van der Waals surface area contributed by atoms with Gasteiger partial charge in [0, 0.05) is 26.0 Å². The molecule has 0 saturated carbocycles. The van der Waals surface area contributed by atoms with Gasteiger partial charge < -0.3 is 14.2 Å². The van der Waals surface area contributed by atoms with Crippen molar-refractivity contribution >= 4 is 17.9 Å². The Balaban J connectivity index is 2.50. The third-order valence-corrected chi connectivity index (χ3v) is 3.90. The summed E-state index contributed by atoms with van der Waals surface area (Å²) in [6.45, 7) is 4.88. The highest BCUT2D eigenvalue weighted by Gasteiger charge is 2.54. The zero-order chi connectivity index (χ0) is 17.7. The van der Waals surface area contributed by atoms with E-state index in [-0.39, 0.29) is 26.1 Å². The van der Waals surface area contributed by atoms with Gasteiger partial charge in [0.05, 0.1) is 18.9 Å². The number of hydrogen-bond acceptors (Lipinski definition) is 7. The summed E-state index contributed by atoms with van der Waals surface area (Å²) >= 11 is 0. The molecule has 7 heteroatoms. The SMILES string of the molecule is CCOC(=O)C1(C(=O)OCC)Cc2cccnc2C(OC(C)=O)C1. The van der Waals surface area contributed by atoms with Crippen LogP contribution in [0.2, 0.25) is 0 Å². The molecule has 0 spiro atoms. The second-order valence-corrected chi connectivity index (χ2v) is 5.55. The summed E-state index contributed by atoms with van der Waals surface area (Å²) in [7, 11) is 0. The molecule has 1 atom stereocenters. The number of pyridine rings is 1. The van der Waals surface area contributed by atoms with Crippen LogP contribution in [0.1, 0.15) is 44.6 Å². The Morgan fingerprint density at radius 1 is 1.21 bits per heavy atom. The average Bonchev–Trinajstić information content (AvgIpc) is 2.54. The Labute approximate surface area is 140 Å². The lowest BCUT2D eigenvalue weighted by atomic mass is 9.71. The maximum Gasteiger partial charge on any atom is 0.323 e. The van der Waals surface area contributed by atoms with Crippen molar-refractivity contribution in [2.24, 2.45) is 5.41 Å². The van der Waals surface area contributed by atoms with Crippen LogP contribution in [0, 0.1) is 5.41 Å². The van der Waals surface area contributed by atoms with Crippen LogP contribution in [-0.2, 0) is 35.0 Å². The molecule has 0 aromatic carbocycles. The van der Waals surface area contributed by atoms with E-state index in [1.807, 2.05) is 0 Å². The number of ether oxygens (including phenoxy) is 3. The quantitative estimate of drug-likeness (QED) is 0.460. The lowest BCUT2D eigenvalue weighted by Gasteiger charge is -2.36. The van der Waals surface area contributed by atoms with Gasteiger partial charge >= 0.3 is 17.9 Å². The maximum atomic E-state index is 12.6. The second-order valence-electron chi connectivity index (χ2n) is 5.55. The van der Waals surface area contributed by atoms with Crippen molar-refractivity contribution < 1.29 is 28.6 Å². The largest absolute Gasteiger partial charge is 0.465 e. The van der Waals surface area contributed by atoms with Gasteiger partial charge in [0.2, 0.25) is 0 Å². The van der Waals surface area contributed by atoms with Gasteiger partial charge in [-0.3, -0.25) is 19.4 Å². The molecule has 0 bridgehead atoms. The summed E-state index contributed by atoms with van der Waals surface area (Å²) in [5.41, 5.74) is -0.324. The van der Waals surface area contributed by atoms with Crippen LogP contribution >= 0.6 is 0 Å². The molecule has 0 radical (unpaired) electrons. The number of carbonyl (C=O) groups excluding carboxylic acids is 3. The van der Waals surface area contributed by atoms with E-state index in [4.69, 9.17) is 14.2 Å². The third-order valence-electron chi connectivity index (χ3n) is 3.90. The van der Waals surface area contributed by atoms with E-state index < -0.39 is 29.4 Å². The van der Waals surface area contributed by atoms with Crippen LogP contribution in [0.3, 0.4) is 0 Å². The molecule has 0 amide bonds. The molecule has 1 aromatic rings. The Kier molecular flexibility index (Phi) is 5.54. The molecule has 24 heavy (non-hydrogen) atoms. The maximum absolute atomic E-state index is 12.6. The summed E-state index contributed by atoms with van der Waals surface area (Å²) in [5.74, 6) is -1.86. The van der Waals surface area contributed by atoms with Gasteiger partial charge in [-0.1, -0.05) is 6.07 Å². The molecule has 0 N–H and O–H groups in total. The fourth-order valence-electron chi connectivity index (χ4n) is 2.93. The van der Waals surface area contributed by atoms with Crippen molar-refractivity contribution in [3.05, 3.63) is 29.6 Å². The van der Waals surface area contributed by atoms with Gasteiger partial charge in [-0.05, 0) is 25.5 Å². The molecule has 1 aliphatic carbocycles. The first-order chi connectivity index (χ1) is 11.4. The highest BCUT2D eigenvalue weighted by Crippen LogP contribution is 2.44. The molecule has 1 aromatic heterocycles. The van der Waals surface area contributed by atoms with E-state index in [1.54, 1.807) is 32.2 Å².